The molecule has 9 heteroatoms. The maximum absolute atomic E-state index is 12.1. The molecule has 0 aliphatic carbocycles. The number of nitrogens with two attached hydrogens (primary N) is 2. The van der Waals surface area contributed by atoms with Crippen molar-refractivity contribution in [2.75, 3.05) is 6.54 Å². The van der Waals surface area contributed by atoms with Crippen molar-refractivity contribution in [1.29, 1.82) is 0 Å². The second-order valence-electron chi connectivity index (χ2n) is 6.99. The van der Waals surface area contributed by atoms with Gasteiger partial charge < -0.3 is 32.2 Å². The highest BCUT2D eigenvalue weighted by molar-refractivity contribution is 5.81. The Labute approximate surface area is 181 Å². The average Bonchev–Trinajstić information content (AvgIpc) is 2.78. The number of benzene rings is 2. The Morgan fingerprint density at radius 3 is 2.06 bits per heavy atom. The smallest absolute Gasteiger partial charge is 0.407 e. The van der Waals surface area contributed by atoms with Crippen LogP contribution in [0.2, 0.25) is 0 Å². The first kappa shape index (κ1) is 23.7. The van der Waals surface area contributed by atoms with Crippen molar-refractivity contribution in [3.05, 3.63) is 71.3 Å². The van der Waals surface area contributed by atoms with Crippen LogP contribution in [0, 0.1) is 0 Å². The lowest BCUT2D eigenvalue weighted by Gasteiger charge is -2.13. The van der Waals surface area contributed by atoms with Crippen LogP contribution in [0.1, 0.15) is 29.5 Å². The molecular formula is C22H29N5O4. The van der Waals surface area contributed by atoms with E-state index in [2.05, 4.69) is 16.0 Å². The summed E-state index contributed by atoms with van der Waals surface area (Å²) in [5.74, 6) is -0.258. The van der Waals surface area contributed by atoms with Crippen molar-refractivity contribution in [2.24, 2.45) is 11.5 Å². The van der Waals surface area contributed by atoms with E-state index in [1.54, 1.807) is 0 Å². The van der Waals surface area contributed by atoms with Crippen molar-refractivity contribution in [3.63, 3.8) is 0 Å². The lowest BCUT2D eigenvalue weighted by atomic mass is 10.1. The molecule has 9 nitrogen and oxygen atoms in total. The van der Waals surface area contributed by atoms with Gasteiger partial charge >= 0.3 is 12.1 Å². The highest BCUT2D eigenvalue weighted by Crippen LogP contribution is 2.05. The van der Waals surface area contributed by atoms with E-state index in [-0.39, 0.29) is 12.5 Å². The summed E-state index contributed by atoms with van der Waals surface area (Å²) in [7, 11) is 0. The zero-order chi connectivity index (χ0) is 22.5. The number of primary amides is 1. The number of carbonyl (C=O) groups is 3. The van der Waals surface area contributed by atoms with Gasteiger partial charge in [-0.1, -0.05) is 54.6 Å². The first-order valence-electron chi connectivity index (χ1n) is 10.0. The van der Waals surface area contributed by atoms with E-state index in [0.717, 1.165) is 16.7 Å². The van der Waals surface area contributed by atoms with Crippen LogP contribution >= 0.6 is 0 Å². The molecule has 0 aliphatic rings. The number of urea groups is 1. The van der Waals surface area contributed by atoms with E-state index in [0.29, 0.717) is 32.5 Å². The van der Waals surface area contributed by atoms with Crippen LogP contribution in [0.15, 0.2) is 54.6 Å². The Kier molecular flexibility index (Phi) is 9.83. The average molecular weight is 428 g/mol. The number of hydrogen-bond acceptors (Lipinski definition) is 5. The second kappa shape index (κ2) is 12.9. The molecule has 0 saturated heterocycles. The lowest BCUT2D eigenvalue weighted by molar-refractivity contribution is -0.122. The Morgan fingerprint density at radius 1 is 0.839 bits per heavy atom. The first-order chi connectivity index (χ1) is 14.9. The van der Waals surface area contributed by atoms with Gasteiger partial charge in [0.15, 0.2) is 0 Å². The van der Waals surface area contributed by atoms with Crippen molar-refractivity contribution in [3.8, 4) is 0 Å². The van der Waals surface area contributed by atoms with Gasteiger partial charge in [0.2, 0.25) is 5.91 Å². The van der Waals surface area contributed by atoms with Crippen LogP contribution in [-0.4, -0.2) is 30.6 Å². The van der Waals surface area contributed by atoms with Gasteiger partial charge in [0.25, 0.3) is 0 Å². The molecule has 0 aliphatic heterocycles. The summed E-state index contributed by atoms with van der Waals surface area (Å²) < 4.78 is 5.12. The zero-order valence-corrected chi connectivity index (χ0v) is 17.3. The largest absolute Gasteiger partial charge is 0.445 e. The van der Waals surface area contributed by atoms with E-state index in [9.17, 15) is 14.4 Å². The van der Waals surface area contributed by atoms with E-state index in [1.807, 2.05) is 54.6 Å². The molecule has 0 saturated carbocycles. The van der Waals surface area contributed by atoms with Crippen molar-refractivity contribution in [1.82, 2.24) is 16.0 Å². The molecule has 2 rings (SSSR count). The molecule has 2 aromatic carbocycles. The quantitative estimate of drug-likeness (QED) is 0.345. The van der Waals surface area contributed by atoms with Crippen molar-refractivity contribution < 1.29 is 19.1 Å². The Balaban J connectivity index is 1.58. The molecule has 2 aromatic rings. The summed E-state index contributed by atoms with van der Waals surface area (Å²) >= 11 is 0. The molecular weight excluding hydrogens is 398 g/mol. The van der Waals surface area contributed by atoms with Crippen LogP contribution in [0.3, 0.4) is 0 Å². The highest BCUT2D eigenvalue weighted by Gasteiger charge is 2.13. The zero-order valence-electron chi connectivity index (χ0n) is 17.3. The fourth-order valence-electron chi connectivity index (χ4n) is 2.70. The minimum absolute atomic E-state index is 0.206. The maximum Gasteiger partial charge on any atom is 0.407 e. The van der Waals surface area contributed by atoms with Gasteiger partial charge in [-0.2, -0.15) is 0 Å². The number of alkyl carbamates (subject to hydrolysis) is 1. The summed E-state index contributed by atoms with van der Waals surface area (Å²) in [6.45, 7) is 1.27. The SMILES string of the molecule is NC(=O)NCc1ccc(CNC(=O)[C@H](N)CCCNC(=O)OCc2ccccc2)cc1. The molecule has 0 spiro atoms. The van der Waals surface area contributed by atoms with Gasteiger partial charge in [0.1, 0.15) is 6.61 Å². The van der Waals surface area contributed by atoms with Crippen LogP contribution in [0.4, 0.5) is 9.59 Å². The van der Waals surface area contributed by atoms with Crippen LogP contribution in [0.25, 0.3) is 0 Å². The molecule has 0 aromatic heterocycles. The molecule has 1 atom stereocenters. The third-order valence-corrected chi connectivity index (χ3v) is 4.47. The highest BCUT2D eigenvalue weighted by atomic mass is 16.5. The predicted octanol–water partition coefficient (Wildman–Crippen LogP) is 1.51. The summed E-state index contributed by atoms with van der Waals surface area (Å²) in [6, 6.07) is 15.6. The summed E-state index contributed by atoms with van der Waals surface area (Å²) in [6.07, 6.45) is 0.482. The van der Waals surface area contributed by atoms with Gasteiger partial charge in [0, 0.05) is 19.6 Å². The van der Waals surface area contributed by atoms with Crippen LogP contribution in [-0.2, 0) is 29.2 Å². The summed E-state index contributed by atoms with van der Waals surface area (Å²) in [5.41, 5.74) is 13.7. The fourth-order valence-corrected chi connectivity index (χ4v) is 2.70. The number of carbonyl (C=O) groups excluding carboxylic acids is 3. The van der Waals surface area contributed by atoms with Crippen molar-refractivity contribution in [2.45, 2.75) is 38.6 Å². The molecule has 0 bridgehead atoms. The van der Waals surface area contributed by atoms with E-state index in [1.165, 1.54) is 0 Å². The van der Waals surface area contributed by atoms with Gasteiger partial charge in [-0.25, -0.2) is 9.59 Å². The minimum atomic E-state index is -0.666. The second-order valence-corrected chi connectivity index (χ2v) is 6.99. The third-order valence-electron chi connectivity index (χ3n) is 4.47. The third kappa shape index (κ3) is 9.64. The molecule has 0 unspecified atom stereocenters. The Bertz CT molecular complexity index is 843. The summed E-state index contributed by atoms with van der Waals surface area (Å²) in [5, 5.41) is 7.95. The van der Waals surface area contributed by atoms with E-state index in [4.69, 9.17) is 16.2 Å². The number of ether oxygens (including phenoxy) is 1. The van der Waals surface area contributed by atoms with Gasteiger partial charge in [0.05, 0.1) is 6.04 Å². The number of nitrogens with one attached hydrogen (secondary N) is 3. The van der Waals surface area contributed by atoms with Gasteiger partial charge in [-0.15, -0.1) is 0 Å². The fraction of sp³-hybridized carbons (Fsp3) is 0.318. The Morgan fingerprint density at radius 2 is 1.45 bits per heavy atom. The standard InChI is InChI=1S/C22H29N5O4/c23-19(7-4-12-25-22(30)31-15-18-5-2-1-3-6-18)20(28)26-13-16-8-10-17(11-9-16)14-27-21(24)29/h1-3,5-6,8-11,19H,4,7,12-15,23H2,(H,25,30)(H,26,28)(H3,24,27,29)/t19-/m1/s1. The van der Waals surface area contributed by atoms with Crippen LogP contribution < -0.4 is 27.4 Å². The minimum Gasteiger partial charge on any atom is -0.445 e. The normalized spacial score (nSPS) is 11.3. The molecule has 4 amide bonds. The molecule has 7 N–H and O–H groups in total. The number of rotatable bonds is 11. The maximum atomic E-state index is 12.1. The van der Waals surface area contributed by atoms with Gasteiger partial charge in [-0.05, 0) is 29.5 Å². The molecule has 0 fully saturated rings. The lowest BCUT2D eigenvalue weighted by Crippen LogP contribution is -2.40. The number of hydrogen-bond donors (Lipinski definition) is 5. The topological polar surface area (TPSA) is 149 Å². The monoisotopic (exact) mass is 427 g/mol. The van der Waals surface area contributed by atoms with Crippen LogP contribution in [0.5, 0.6) is 0 Å². The van der Waals surface area contributed by atoms with E-state index >= 15 is 0 Å². The van der Waals surface area contributed by atoms with Crippen molar-refractivity contribution >= 4 is 18.0 Å². The predicted molar refractivity (Wildman–Crippen MR) is 117 cm³/mol. The Hall–Kier alpha value is -3.59. The molecule has 31 heavy (non-hydrogen) atoms. The van der Waals surface area contributed by atoms with E-state index < -0.39 is 18.2 Å². The molecule has 166 valence electrons. The number of amides is 4. The molecule has 0 heterocycles. The van der Waals surface area contributed by atoms with Gasteiger partial charge in [-0.3, -0.25) is 4.79 Å². The molecule has 0 radical (unpaired) electrons. The first-order valence-corrected chi connectivity index (χ1v) is 10.0. The summed E-state index contributed by atoms with van der Waals surface area (Å²) in [4.78, 5) is 34.5.